The molecule has 0 aliphatic heterocycles. The highest BCUT2D eigenvalue weighted by molar-refractivity contribution is 7.83. The minimum atomic E-state index is -0.945. The van der Waals surface area contributed by atoms with E-state index in [0.717, 1.165) is 6.42 Å². The lowest BCUT2D eigenvalue weighted by Gasteiger charge is -2.46. The summed E-state index contributed by atoms with van der Waals surface area (Å²) in [4.78, 5) is 0. The molecule has 0 aromatic heterocycles. The van der Waals surface area contributed by atoms with Crippen molar-refractivity contribution in [1.82, 2.24) is 0 Å². The Morgan fingerprint density at radius 1 is 1.29 bits per heavy atom. The Hall–Kier alpha value is -0.180. The van der Waals surface area contributed by atoms with Crippen LogP contribution in [-0.2, 0) is 11.0 Å². The molecule has 1 spiro atoms. The Labute approximate surface area is 88.8 Å². The van der Waals surface area contributed by atoms with Crippen molar-refractivity contribution >= 4 is 16.7 Å². The first-order valence-corrected chi connectivity index (χ1v) is 7.01. The van der Waals surface area contributed by atoms with E-state index in [1.807, 2.05) is 6.92 Å². The largest absolute Gasteiger partial charge is 0.235 e. The summed E-state index contributed by atoms with van der Waals surface area (Å²) in [5, 5.41) is 0. The smallest absolute Gasteiger partial charge is 0.138 e. The molecule has 2 rings (SSSR count). The predicted octanol–water partition coefficient (Wildman–Crippen LogP) is 2.86. The van der Waals surface area contributed by atoms with Gasteiger partial charge in [0.05, 0.1) is 0 Å². The van der Waals surface area contributed by atoms with Crippen LogP contribution in [0.4, 0.5) is 0 Å². The molecule has 0 saturated heterocycles. The molecular formula is C11H19NOS. The molecule has 1 atom stereocenters. The van der Waals surface area contributed by atoms with Gasteiger partial charge in [-0.05, 0) is 25.7 Å². The van der Waals surface area contributed by atoms with Crippen molar-refractivity contribution in [2.24, 2.45) is 9.81 Å². The minimum absolute atomic E-state index is 0.406. The van der Waals surface area contributed by atoms with Gasteiger partial charge in [-0.25, -0.2) is 4.21 Å². The second-order valence-electron chi connectivity index (χ2n) is 4.49. The summed E-state index contributed by atoms with van der Waals surface area (Å²) in [6.45, 7) is 1.94. The summed E-state index contributed by atoms with van der Waals surface area (Å²) in [6, 6.07) is 0. The molecule has 2 fully saturated rings. The number of hydrogen-bond donors (Lipinski definition) is 0. The molecule has 0 heterocycles. The number of rotatable bonds is 2. The van der Waals surface area contributed by atoms with Gasteiger partial charge in [0.15, 0.2) is 0 Å². The maximum atomic E-state index is 11.4. The third kappa shape index (κ3) is 1.79. The highest BCUT2D eigenvalue weighted by Crippen LogP contribution is 2.49. The number of nitrogens with zero attached hydrogens (tertiary/aromatic N) is 1. The van der Waals surface area contributed by atoms with Crippen LogP contribution in [0.3, 0.4) is 0 Å². The monoisotopic (exact) mass is 213 g/mol. The average molecular weight is 213 g/mol. The molecule has 80 valence electrons. The third-order valence-corrected chi connectivity index (χ3v) is 4.64. The first-order valence-electron chi connectivity index (χ1n) is 5.73. The van der Waals surface area contributed by atoms with E-state index in [1.165, 1.54) is 44.2 Å². The van der Waals surface area contributed by atoms with Crippen LogP contribution in [0.5, 0.6) is 0 Å². The third-order valence-electron chi connectivity index (χ3n) is 3.72. The van der Waals surface area contributed by atoms with Crippen molar-refractivity contribution in [3.8, 4) is 0 Å². The van der Waals surface area contributed by atoms with Crippen LogP contribution in [-0.4, -0.2) is 15.7 Å². The van der Waals surface area contributed by atoms with Gasteiger partial charge in [0.25, 0.3) is 0 Å². The molecule has 3 heteroatoms. The summed E-state index contributed by atoms with van der Waals surface area (Å²) >= 11 is 0. The van der Waals surface area contributed by atoms with Crippen LogP contribution in [0.15, 0.2) is 4.40 Å². The normalized spacial score (nSPS) is 30.2. The van der Waals surface area contributed by atoms with E-state index in [9.17, 15) is 4.21 Å². The summed E-state index contributed by atoms with van der Waals surface area (Å²) < 4.78 is 15.7. The summed E-state index contributed by atoms with van der Waals surface area (Å²) in [7, 11) is -0.945. The van der Waals surface area contributed by atoms with Gasteiger partial charge >= 0.3 is 0 Å². The Kier molecular flexibility index (Phi) is 3.05. The Morgan fingerprint density at radius 3 is 2.50 bits per heavy atom. The van der Waals surface area contributed by atoms with Gasteiger partial charge in [0.2, 0.25) is 0 Å². The van der Waals surface area contributed by atoms with Crippen molar-refractivity contribution in [3.05, 3.63) is 0 Å². The van der Waals surface area contributed by atoms with Gasteiger partial charge < -0.3 is 0 Å². The second kappa shape index (κ2) is 4.13. The molecule has 2 saturated carbocycles. The van der Waals surface area contributed by atoms with Crippen molar-refractivity contribution in [2.75, 3.05) is 5.75 Å². The number of hydrogen-bond acceptors (Lipinski definition) is 1. The molecule has 1 unspecified atom stereocenters. The second-order valence-corrected chi connectivity index (χ2v) is 5.89. The standard InChI is InChI=1S/C11H19NOS/c1-2-14(13)12-10-6-9-11(10)7-4-3-5-8-11/h2-9H2,1H3/b12-10+. The van der Waals surface area contributed by atoms with Gasteiger partial charge in [-0.15, -0.1) is 0 Å². The highest BCUT2D eigenvalue weighted by atomic mass is 32.2. The van der Waals surface area contributed by atoms with E-state index in [2.05, 4.69) is 4.40 Å². The molecule has 2 aliphatic rings. The molecule has 0 amide bonds. The zero-order valence-corrected chi connectivity index (χ0v) is 9.74. The lowest BCUT2D eigenvalue weighted by molar-refractivity contribution is 0.227. The predicted molar refractivity (Wildman–Crippen MR) is 60.9 cm³/mol. The molecule has 0 bridgehead atoms. The Morgan fingerprint density at radius 2 is 2.00 bits per heavy atom. The molecule has 14 heavy (non-hydrogen) atoms. The SMILES string of the molecule is CCS(=O)/N=C1\CCC12CCCCC2. The lowest BCUT2D eigenvalue weighted by atomic mass is 9.59. The van der Waals surface area contributed by atoms with E-state index in [-0.39, 0.29) is 0 Å². The topological polar surface area (TPSA) is 29.4 Å². The maximum absolute atomic E-state index is 11.4. The summed E-state index contributed by atoms with van der Waals surface area (Å²) in [5.74, 6) is 0.666. The molecule has 2 aliphatic carbocycles. The van der Waals surface area contributed by atoms with Crippen LogP contribution < -0.4 is 0 Å². The van der Waals surface area contributed by atoms with Crippen LogP contribution in [0, 0.1) is 5.41 Å². The first-order chi connectivity index (χ1) is 6.77. The van der Waals surface area contributed by atoms with Crippen LogP contribution in [0.25, 0.3) is 0 Å². The van der Waals surface area contributed by atoms with E-state index in [0.29, 0.717) is 11.2 Å². The summed E-state index contributed by atoms with van der Waals surface area (Å²) in [5.41, 5.74) is 1.68. The van der Waals surface area contributed by atoms with Gasteiger partial charge in [-0.2, -0.15) is 4.40 Å². The fraction of sp³-hybridized carbons (Fsp3) is 0.909. The molecule has 2 nitrogen and oxygen atoms in total. The minimum Gasteiger partial charge on any atom is -0.235 e. The van der Waals surface area contributed by atoms with Gasteiger partial charge in [0.1, 0.15) is 11.0 Å². The zero-order chi connectivity index (χ0) is 10.0. The van der Waals surface area contributed by atoms with Crippen molar-refractivity contribution in [3.63, 3.8) is 0 Å². The molecular weight excluding hydrogens is 194 g/mol. The molecule has 0 N–H and O–H groups in total. The van der Waals surface area contributed by atoms with Crippen molar-refractivity contribution in [1.29, 1.82) is 0 Å². The highest BCUT2D eigenvalue weighted by Gasteiger charge is 2.44. The summed E-state index contributed by atoms with van der Waals surface area (Å²) in [6.07, 6.45) is 9.07. The van der Waals surface area contributed by atoms with Gasteiger partial charge in [0, 0.05) is 16.9 Å². The Bertz CT molecular complexity index is 266. The molecule has 0 aromatic rings. The quantitative estimate of drug-likeness (QED) is 0.693. The van der Waals surface area contributed by atoms with Gasteiger partial charge in [-0.3, -0.25) is 0 Å². The fourth-order valence-corrected chi connectivity index (χ4v) is 3.35. The zero-order valence-electron chi connectivity index (χ0n) is 8.92. The van der Waals surface area contributed by atoms with E-state index in [4.69, 9.17) is 0 Å². The molecule has 0 radical (unpaired) electrons. The van der Waals surface area contributed by atoms with Crippen LogP contribution >= 0.6 is 0 Å². The van der Waals surface area contributed by atoms with E-state index < -0.39 is 11.0 Å². The van der Waals surface area contributed by atoms with Gasteiger partial charge in [-0.1, -0.05) is 26.2 Å². The maximum Gasteiger partial charge on any atom is 0.138 e. The van der Waals surface area contributed by atoms with E-state index in [1.54, 1.807) is 0 Å². The molecule has 0 aromatic carbocycles. The fourth-order valence-electron chi connectivity index (χ4n) is 2.69. The average Bonchev–Trinajstić information content (AvgIpc) is 2.25. The first kappa shape index (κ1) is 10.3. The Balaban J connectivity index is 2.06. The van der Waals surface area contributed by atoms with Crippen molar-refractivity contribution < 1.29 is 4.21 Å². The van der Waals surface area contributed by atoms with Crippen LogP contribution in [0.2, 0.25) is 0 Å². The van der Waals surface area contributed by atoms with E-state index >= 15 is 0 Å². The lowest BCUT2D eigenvalue weighted by Crippen LogP contribution is -2.42. The van der Waals surface area contributed by atoms with Crippen LogP contribution in [0.1, 0.15) is 51.9 Å². The van der Waals surface area contributed by atoms with Crippen molar-refractivity contribution in [2.45, 2.75) is 51.9 Å².